The number of carbonyl (C=O) groups is 1. The van der Waals surface area contributed by atoms with Crippen molar-refractivity contribution in [3.05, 3.63) is 59.7 Å². The second-order valence-corrected chi connectivity index (χ2v) is 10.5. The number of aliphatic hydroxyl groups excluding tert-OH is 2. The summed E-state index contributed by atoms with van der Waals surface area (Å²) in [5.74, 6) is -1.01. The molecule has 0 saturated carbocycles. The van der Waals surface area contributed by atoms with Crippen LogP contribution in [-0.2, 0) is 19.5 Å². The predicted molar refractivity (Wildman–Crippen MR) is 118 cm³/mol. The van der Waals surface area contributed by atoms with Gasteiger partial charge in [0.05, 0.1) is 12.3 Å². The first-order chi connectivity index (χ1) is 15.1. The van der Waals surface area contributed by atoms with E-state index in [0.717, 1.165) is 22.9 Å². The lowest BCUT2D eigenvalue weighted by molar-refractivity contribution is -0.132. The Morgan fingerprint density at radius 1 is 1.16 bits per heavy atom. The number of benzene rings is 2. The summed E-state index contributed by atoms with van der Waals surface area (Å²) in [4.78, 5) is 17.4. The van der Waals surface area contributed by atoms with Crippen molar-refractivity contribution in [2.24, 2.45) is 5.16 Å². The summed E-state index contributed by atoms with van der Waals surface area (Å²) in [6, 6.07) is 14.8. The van der Waals surface area contributed by atoms with Gasteiger partial charge >= 0.3 is 0 Å². The van der Waals surface area contributed by atoms with Crippen LogP contribution >= 0.6 is 0 Å². The van der Waals surface area contributed by atoms with Crippen molar-refractivity contribution in [2.75, 3.05) is 12.9 Å². The Balaban J connectivity index is 1.70. The SMILES string of the molecule is CC(CC1CC(c2ccc(-c3ccc([C@H](O)CO)cc3)cc2)=NO1)(C(=O)NO)S(C)(=O)=O. The number of amides is 1. The molecule has 0 saturated heterocycles. The molecule has 2 aromatic carbocycles. The van der Waals surface area contributed by atoms with E-state index in [-0.39, 0.29) is 13.0 Å². The molecule has 1 heterocycles. The summed E-state index contributed by atoms with van der Waals surface area (Å²) in [6.07, 6.45) is -0.444. The molecule has 0 aromatic heterocycles. The van der Waals surface area contributed by atoms with Crippen molar-refractivity contribution in [1.29, 1.82) is 0 Å². The third kappa shape index (κ3) is 4.83. The smallest absolute Gasteiger partial charge is 0.264 e. The van der Waals surface area contributed by atoms with E-state index < -0.39 is 32.7 Å². The summed E-state index contributed by atoms with van der Waals surface area (Å²) in [7, 11) is -3.82. The van der Waals surface area contributed by atoms with Crippen LogP contribution in [0.1, 0.15) is 37.0 Å². The van der Waals surface area contributed by atoms with Crippen LogP contribution in [0.4, 0.5) is 0 Å². The molecule has 2 aromatic rings. The quantitative estimate of drug-likeness (QED) is 0.344. The number of oxime groups is 1. The van der Waals surface area contributed by atoms with Crippen LogP contribution < -0.4 is 5.48 Å². The van der Waals surface area contributed by atoms with Crippen molar-refractivity contribution >= 4 is 21.5 Å². The Morgan fingerprint density at radius 2 is 1.69 bits per heavy atom. The van der Waals surface area contributed by atoms with Gasteiger partial charge in [-0.3, -0.25) is 10.0 Å². The van der Waals surface area contributed by atoms with Crippen molar-refractivity contribution in [3.8, 4) is 11.1 Å². The Morgan fingerprint density at radius 3 is 2.19 bits per heavy atom. The molecule has 0 radical (unpaired) electrons. The van der Waals surface area contributed by atoms with Crippen LogP contribution in [0.5, 0.6) is 0 Å². The minimum absolute atomic E-state index is 0.157. The monoisotopic (exact) mass is 462 g/mol. The highest BCUT2D eigenvalue weighted by Crippen LogP contribution is 2.30. The molecule has 1 aliphatic rings. The summed E-state index contributed by atoms with van der Waals surface area (Å²) in [5.41, 5.74) is 5.37. The lowest BCUT2D eigenvalue weighted by Gasteiger charge is -2.26. The van der Waals surface area contributed by atoms with Crippen molar-refractivity contribution in [3.63, 3.8) is 0 Å². The molecule has 1 aliphatic heterocycles. The van der Waals surface area contributed by atoms with E-state index in [1.807, 2.05) is 36.4 Å². The molecule has 2 unspecified atom stereocenters. The highest BCUT2D eigenvalue weighted by Gasteiger charge is 2.47. The molecule has 0 bridgehead atoms. The van der Waals surface area contributed by atoms with Gasteiger partial charge in [-0.15, -0.1) is 0 Å². The molecular weight excluding hydrogens is 436 g/mol. The van der Waals surface area contributed by atoms with Crippen molar-refractivity contribution < 1.29 is 33.5 Å². The number of rotatable bonds is 8. The first-order valence-electron chi connectivity index (χ1n) is 9.95. The van der Waals surface area contributed by atoms with Crippen molar-refractivity contribution in [1.82, 2.24) is 5.48 Å². The minimum Gasteiger partial charge on any atom is -0.393 e. The summed E-state index contributed by atoms with van der Waals surface area (Å²) < 4.78 is 22.4. The maximum Gasteiger partial charge on any atom is 0.264 e. The largest absolute Gasteiger partial charge is 0.393 e. The van der Waals surface area contributed by atoms with E-state index in [4.69, 9.17) is 15.2 Å². The van der Waals surface area contributed by atoms with Gasteiger partial charge < -0.3 is 15.1 Å². The molecule has 0 fully saturated rings. The zero-order valence-corrected chi connectivity index (χ0v) is 18.5. The lowest BCUT2D eigenvalue weighted by atomic mass is 9.95. The first kappa shape index (κ1) is 23.9. The van der Waals surface area contributed by atoms with E-state index >= 15 is 0 Å². The second kappa shape index (κ2) is 9.37. The maximum absolute atomic E-state index is 12.1. The van der Waals surface area contributed by atoms with E-state index in [1.165, 1.54) is 12.4 Å². The van der Waals surface area contributed by atoms with Crippen LogP contribution in [0.3, 0.4) is 0 Å². The fourth-order valence-corrected chi connectivity index (χ4v) is 4.40. The average molecular weight is 463 g/mol. The normalized spacial score (nSPS) is 18.9. The van der Waals surface area contributed by atoms with Crippen LogP contribution in [-0.4, -0.2) is 59.2 Å². The lowest BCUT2D eigenvalue weighted by Crippen LogP contribution is -2.51. The van der Waals surface area contributed by atoms with Crippen LogP contribution in [0.2, 0.25) is 0 Å². The van der Waals surface area contributed by atoms with Gasteiger partial charge in [-0.1, -0.05) is 53.7 Å². The van der Waals surface area contributed by atoms with Crippen LogP contribution in [0.15, 0.2) is 53.7 Å². The Hall–Kier alpha value is -2.79. The minimum atomic E-state index is -3.82. The van der Waals surface area contributed by atoms with E-state index in [0.29, 0.717) is 17.7 Å². The number of carbonyl (C=O) groups excluding carboxylic acids is 1. The fourth-order valence-electron chi connectivity index (χ4n) is 3.53. The van der Waals surface area contributed by atoms with Gasteiger partial charge in [0, 0.05) is 19.1 Å². The summed E-state index contributed by atoms with van der Waals surface area (Å²) in [5, 5.41) is 31.7. The molecule has 1 amide bonds. The summed E-state index contributed by atoms with van der Waals surface area (Å²) >= 11 is 0. The van der Waals surface area contributed by atoms with Crippen molar-refractivity contribution in [2.45, 2.75) is 36.7 Å². The number of aliphatic hydroxyl groups is 2. The predicted octanol–water partition coefficient (Wildman–Crippen LogP) is 1.57. The number of sulfone groups is 1. The highest BCUT2D eigenvalue weighted by molar-refractivity contribution is 7.92. The molecular formula is C22H26N2O7S. The molecule has 3 rings (SSSR count). The molecule has 0 aliphatic carbocycles. The zero-order valence-electron chi connectivity index (χ0n) is 17.7. The Kier molecular flexibility index (Phi) is 6.99. The number of nitrogens with one attached hydrogen (secondary N) is 1. The van der Waals surface area contributed by atoms with Gasteiger partial charge in [0.25, 0.3) is 5.91 Å². The van der Waals surface area contributed by atoms with Crippen LogP contribution in [0, 0.1) is 0 Å². The fraction of sp³-hybridized carbons (Fsp3) is 0.364. The van der Waals surface area contributed by atoms with Gasteiger partial charge in [0.15, 0.2) is 14.6 Å². The molecule has 32 heavy (non-hydrogen) atoms. The molecule has 3 atom stereocenters. The zero-order chi connectivity index (χ0) is 23.5. The summed E-state index contributed by atoms with van der Waals surface area (Å²) in [6.45, 7) is 0.905. The van der Waals surface area contributed by atoms with E-state index in [2.05, 4.69) is 5.16 Å². The third-order valence-electron chi connectivity index (χ3n) is 5.77. The van der Waals surface area contributed by atoms with Gasteiger partial charge in [0.1, 0.15) is 12.2 Å². The number of nitrogens with zero attached hydrogens (tertiary/aromatic N) is 1. The standard InChI is InChI=1S/C22H26N2O7S/c1-22(21(27)23-28,32(2,29)30)12-18-11-19(24-31-18)16-7-3-14(4-8-16)15-5-9-17(10-6-15)20(26)13-25/h3-10,18,20,25-26,28H,11-13H2,1-2H3,(H,23,27)/t18?,20-,22?/m1/s1. The van der Waals surface area contributed by atoms with Gasteiger partial charge in [-0.25, -0.2) is 13.9 Å². The molecule has 10 heteroatoms. The first-order valence-corrected chi connectivity index (χ1v) is 11.8. The van der Waals surface area contributed by atoms with Gasteiger partial charge in [-0.2, -0.15) is 0 Å². The van der Waals surface area contributed by atoms with Crippen LogP contribution in [0.25, 0.3) is 11.1 Å². The topological polar surface area (TPSA) is 146 Å². The van der Waals surface area contributed by atoms with Gasteiger partial charge in [0.2, 0.25) is 0 Å². The average Bonchev–Trinajstić information content (AvgIpc) is 3.25. The molecule has 9 nitrogen and oxygen atoms in total. The third-order valence-corrected chi connectivity index (χ3v) is 7.76. The van der Waals surface area contributed by atoms with E-state index in [1.54, 1.807) is 12.1 Å². The second-order valence-electron chi connectivity index (χ2n) is 8.02. The van der Waals surface area contributed by atoms with E-state index in [9.17, 15) is 18.3 Å². The number of hydroxylamine groups is 1. The van der Waals surface area contributed by atoms with Gasteiger partial charge in [-0.05, 0) is 29.2 Å². The molecule has 0 spiro atoms. The number of hydrogen-bond acceptors (Lipinski definition) is 8. The number of hydrogen-bond donors (Lipinski definition) is 4. The Bertz CT molecular complexity index is 1100. The molecule has 4 N–H and O–H groups in total. The Labute approximate surface area is 186 Å². The molecule has 172 valence electrons. The highest BCUT2D eigenvalue weighted by atomic mass is 32.2. The maximum atomic E-state index is 12.1.